The van der Waals surface area contributed by atoms with Crippen molar-refractivity contribution >= 4 is 0 Å². The quantitative estimate of drug-likeness (QED) is 0.631. The van der Waals surface area contributed by atoms with Gasteiger partial charge in [0.05, 0.1) is 13.2 Å². The summed E-state index contributed by atoms with van der Waals surface area (Å²) in [5.74, 6) is 0. The summed E-state index contributed by atoms with van der Waals surface area (Å²) in [6, 6.07) is 0. The zero-order valence-corrected chi connectivity index (χ0v) is 11.6. The smallest absolute Gasteiger partial charge is 0.0700 e. The third kappa shape index (κ3) is 5.84. The van der Waals surface area contributed by atoms with E-state index in [0.717, 1.165) is 13.2 Å². The summed E-state index contributed by atoms with van der Waals surface area (Å²) in [6.45, 7) is 3.50. The molecule has 0 aliphatic heterocycles. The van der Waals surface area contributed by atoms with Gasteiger partial charge in [-0.25, -0.2) is 0 Å². The molecular weight excluding hydrogens is 214 g/mol. The average molecular weight is 243 g/mol. The van der Waals surface area contributed by atoms with Crippen molar-refractivity contribution in [2.24, 2.45) is 5.41 Å². The normalized spacial score (nSPS) is 19.4. The third-order valence-electron chi connectivity index (χ3n) is 3.89. The number of rotatable bonds is 9. The van der Waals surface area contributed by atoms with E-state index in [9.17, 15) is 0 Å². The zero-order chi connectivity index (χ0) is 12.4. The fourth-order valence-corrected chi connectivity index (χ4v) is 2.99. The van der Waals surface area contributed by atoms with Crippen molar-refractivity contribution < 1.29 is 9.47 Å². The van der Waals surface area contributed by atoms with Crippen molar-refractivity contribution in [1.82, 2.24) is 5.32 Å². The Bertz CT molecular complexity index is 174. The number of ether oxygens (including phenoxy) is 2. The molecule has 0 aromatic rings. The van der Waals surface area contributed by atoms with Gasteiger partial charge in [-0.05, 0) is 38.1 Å². The van der Waals surface area contributed by atoms with Crippen molar-refractivity contribution in [3.63, 3.8) is 0 Å². The lowest BCUT2D eigenvalue weighted by Crippen LogP contribution is -2.34. The SMILES string of the molecule is CNCC1(CCCOCCOC)CCCCC1. The second kappa shape index (κ2) is 8.90. The Morgan fingerprint density at radius 1 is 1.06 bits per heavy atom. The van der Waals surface area contributed by atoms with Crippen LogP contribution in [-0.2, 0) is 9.47 Å². The molecule has 17 heavy (non-hydrogen) atoms. The molecule has 0 unspecified atom stereocenters. The van der Waals surface area contributed by atoms with Crippen LogP contribution in [0.2, 0.25) is 0 Å². The number of nitrogens with one attached hydrogen (secondary N) is 1. The molecule has 1 fully saturated rings. The first-order valence-electron chi connectivity index (χ1n) is 7.04. The monoisotopic (exact) mass is 243 g/mol. The molecule has 1 aliphatic rings. The highest BCUT2D eigenvalue weighted by atomic mass is 16.5. The number of methoxy groups -OCH3 is 1. The standard InChI is InChI=1S/C14H29NO2/c1-15-13-14(7-4-3-5-8-14)9-6-10-17-12-11-16-2/h15H,3-13H2,1-2H3. The minimum atomic E-state index is 0.553. The van der Waals surface area contributed by atoms with E-state index in [0.29, 0.717) is 12.0 Å². The van der Waals surface area contributed by atoms with Crippen LogP contribution in [-0.4, -0.2) is 40.5 Å². The molecule has 0 saturated heterocycles. The second-order valence-corrected chi connectivity index (χ2v) is 5.30. The van der Waals surface area contributed by atoms with Gasteiger partial charge < -0.3 is 14.8 Å². The lowest BCUT2D eigenvalue weighted by Gasteiger charge is -2.37. The molecule has 102 valence electrons. The van der Waals surface area contributed by atoms with Crippen LogP contribution in [0.4, 0.5) is 0 Å². The highest BCUT2D eigenvalue weighted by Gasteiger charge is 2.30. The summed E-state index contributed by atoms with van der Waals surface area (Å²) in [5.41, 5.74) is 0.553. The first-order valence-corrected chi connectivity index (χ1v) is 7.04. The van der Waals surface area contributed by atoms with E-state index in [2.05, 4.69) is 12.4 Å². The molecule has 0 bridgehead atoms. The molecule has 0 spiro atoms. The maximum atomic E-state index is 5.54. The van der Waals surface area contributed by atoms with Crippen LogP contribution in [0.3, 0.4) is 0 Å². The molecule has 0 atom stereocenters. The highest BCUT2D eigenvalue weighted by molar-refractivity contribution is 4.84. The predicted molar refractivity (Wildman–Crippen MR) is 71.4 cm³/mol. The number of hydrogen-bond donors (Lipinski definition) is 1. The maximum Gasteiger partial charge on any atom is 0.0700 e. The Morgan fingerprint density at radius 2 is 1.82 bits per heavy atom. The molecule has 1 rings (SSSR count). The van der Waals surface area contributed by atoms with Gasteiger partial charge in [0, 0.05) is 20.3 Å². The zero-order valence-electron chi connectivity index (χ0n) is 11.6. The molecule has 0 aromatic heterocycles. The van der Waals surface area contributed by atoms with Gasteiger partial charge in [0.2, 0.25) is 0 Å². The van der Waals surface area contributed by atoms with Gasteiger partial charge in [-0.2, -0.15) is 0 Å². The average Bonchev–Trinajstić information content (AvgIpc) is 2.35. The maximum absolute atomic E-state index is 5.54. The van der Waals surface area contributed by atoms with Gasteiger partial charge in [-0.15, -0.1) is 0 Å². The highest BCUT2D eigenvalue weighted by Crippen LogP contribution is 2.39. The van der Waals surface area contributed by atoms with Crippen LogP contribution in [0.5, 0.6) is 0 Å². The molecule has 0 radical (unpaired) electrons. The Balaban J connectivity index is 2.15. The van der Waals surface area contributed by atoms with Crippen molar-refractivity contribution in [2.45, 2.75) is 44.9 Å². The molecule has 0 heterocycles. The fourth-order valence-electron chi connectivity index (χ4n) is 2.99. The van der Waals surface area contributed by atoms with E-state index in [-0.39, 0.29) is 0 Å². The van der Waals surface area contributed by atoms with Crippen molar-refractivity contribution in [3.05, 3.63) is 0 Å². The second-order valence-electron chi connectivity index (χ2n) is 5.30. The first-order chi connectivity index (χ1) is 8.33. The van der Waals surface area contributed by atoms with Crippen LogP contribution in [0.1, 0.15) is 44.9 Å². The molecule has 0 amide bonds. The summed E-state index contributed by atoms with van der Waals surface area (Å²) < 4.78 is 10.5. The molecule has 3 heteroatoms. The minimum absolute atomic E-state index is 0.553. The molecular formula is C14H29NO2. The summed E-state index contributed by atoms with van der Waals surface area (Å²) in [5, 5.41) is 3.38. The van der Waals surface area contributed by atoms with Gasteiger partial charge in [0.1, 0.15) is 0 Å². The summed E-state index contributed by atoms with van der Waals surface area (Å²) >= 11 is 0. The van der Waals surface area contributed by atoms with Crippen LogP contribution in [0, 0.1) is 5.41 Å². The van der Waals surface area contributed by atoms with Crippen molar-refractivity contribution in [2.75, 3.05) is 40.5 Å². The third-order valence-corrected chi connectivity index (χ3v) is 3.89. The summed E-state index contributed by atoms with van der Waals surface area (Å²) in [7, 11) is 3.79. The lowest BCUT2D eigenvalue weighted by atomic mass is 9.71. The van der Waals surface area contributed by atoms with Crippen LogP contribution in [0.25, 0.3) is 0 Å². The Kier molecular flexibility index (Phi) is 7.82. The van der Waals surface area contributed by atoms with Gasteiger partial charge in [0.25, 0.3) is 0 Å². The molecule has 0 aromatic carbocycles. The number of hydrogen-bond acceptors (Lipinski definition) is 3. The van der Waals surface area contributed by atoms with E-state index in [1.165, 1.54) is 51.5 Å². The largest absolute Gasteiger partial charge is 0.382 e. The van der Waals surface area contributed by atoms with Gasteiger partial charge in [-0.3, -0.25) is 0 Å². The van der Waals surface area contributed by atoms with Gasteiger partial charge >= 0.3 is 0 Å². The molecule has 1 saturated carbocycles. The summed E-state index contributed by atoms with van der Waals surface area (Å²) in [4.78, 5) is 0. The van der Waals surface area contributed by atoms with Crippen LogP contribution >= 0.6 is 0 Å². The van der Waals surface area contributed by atoms with Crippen molar-refractivity contribution in [3.8, 4) is 0 Å². The fraction of sp³-hybridized carbons (Fsp3) is 1.00. The van der Waals surface area contributed by atoms with E-state index in [4.69, 9.17) is 9.47 Å². The lowest BCUT2D eigenvalue weighted by molar-refractivity contribution is 0.0596. The molecule has 1 aliphatic carbocycles. The van der Waals surface area contributed by atoms with Crippen molar-refractivity contribution in [1.29, 1.82) is 0 Å². The summed E-state index contributed by atoms with van der Waals surface area (Å²) in [6.07, 6.45) is 9.53. The molecule has 1 N–H and O–H groups in total. The Labute approximate surface area is 106 Å². The van der Waals surface area contributed by atoms with E-state index < -0.39 is 0 Å². The van der Waals surface area contributed by atoms with E-state index in [1.54, 1.807) is 7.11 Å². The van der Waals surface area contributed by atoms with E-state index in [1.807, 2.05) is 0 Å². The first kappa shape index (κ1) is 14.9. The van der Waals surface area contributed by atoms with Gasteiger partial charge in [-0.1, -0.05) is 19.3 Å². The van der Waals surface area contributed by atoms with E-state index >= 15 is 0 Å². The van der Waals surface area contributed by atoms with Crippen LogP contribution in [0.15, 0.2) is 0 Å². The topological polar surface area (TPSA) is 30.5 Å². The molecule has 3 nitrogen and oxygen atoms in total. The Hall–Kier alpha value is -0.120. The van der Waals surface area contributed by atoms with Crippen LogP contribution < -0.4 is 5.32 Å². The van der Waals surface area contributed by atoms with Gasteiger partial charge in [0.15, 0.2) is 0 Å². The predicted octanol–water partition coefficient (Wildman–Crippen LogP) is 2.60. The Morgan fingerprint density at radius 3 is 2.47 bits per heavy atom. The minimum Gasteiger partial charge on any atom is -0.382 e.